The molecule has 0 aliphatic rings. The molecule has 134 valence electrons. The third-order valence-corrected chi connectivity index (χ3v) is 4.75. The molecule has 3 nitrogen and oxygen atoms in total. The molecule has 1 amide bonds. The van der Waals surface area contributed by atoms with E-state index in [4.69, 9.17) is 4.74 Å². The van der Waals surface area contributed by atoms with E-state index in [-0.39, 0.29) is 11.9 Å². The van der Waals surface area contributed by atoms with Crippen molar-refractivity contribution in [2.75, 3.05) is 0 Å². The molecule has 0 saturated carbocycles. The van der Waals surface area contributed by atoms with E-state index in [1.807, 2.05) is 45.9 Å². The van der Waals surface area contributed by atoms with Crippen LogP contribution in [0.25, 0.3) is 0 Å². The number of hydrogen-bond acceptors (Lipinski definition) is 2. The topological polar surface area (TPSA) is 38.3 Å². The summed E-state index contributed by atoms with van der Waals surface area (Å²) in [5, 5.41) is 3.11. The largest absolute Gasteiger partial charge is 0.480 e. The first kappa shape index (κ1) is 19.0. The van der Waals surface area contributed by atoms with Gasteiger partial charge in [-0.3, -0.25) is 4.79 Å². The van der Waals surface area contributed by atoms with E-state index < -0.39 is 6.10 Å². The van der Waals surface area contributed by atoms with Crippen molar-refractivity contribution in [3.63, 3.8) is 0 Å². The summed E-state index contributed by atoms with van der Waals surface area (Å²) in [4.78, 5) is 12.7. The van der Waals surface area contributed by atoms with Gasteiger partial charge in [0, 0.05) is 0 Å². The van der Waals surface area contributed by atoms with Crippen LogP contribution in [0, 0.1) is 27.7 Å². The third kappa shape index (κ3) is 4.62. The Morgan fingerprint density at radius 1 is 1.08 bits per heavy atom. The Labute approximate surface area is 151 Å². The predicted octanol–water partition coefficient (Wildman–Crippen LogP) is 4.96. The summed E-state index contributed by atoms with van der Waals surface area (Å²) < 4.78 is 6.02. The Morgan fingerprint density at radius 2 is 1.80 bits per heavy atom. The number of benzene rings is 2. The van der Waals surface area contributed by atoms with Crippen molar-refractivity contribution < 1.29 is 9.53 Å². The van der Waals surface area contributed by atoms with Gasteiger partial charge in [-0.25, -0.2) is 0 Å². The molecular weight excluding hydrogens is 310 g/mol. The molecule has 2 aromatic carbocycles. The Kier molecular flexibility index (Phi) is 6.24. The van der Waals surface area contributed by atoms with Gasteiger partial charge in [0.25, 0.3) is 5.91 Å². The summed E-state index contributed by atoms with van der Waals surface area (Å²) in [6.07, 6.45) is 0.131. The van der Waals surface area contributed by atoms with Gasteiger partial charge in [-0.2, -0.15) is 0 Å². The molecule has 0 fully saturated rings. The van der Waals surface area contributed by atoms with E-state index in [2.05, 4.69) is 37.4 Å². The van der Waals surface area contributed by atoms with Crippen LogP contribution in [0.2, 0.25) is 0 Å². The summed E-state index contributed by atoms with van der Waals surface area (Å²) in [6, 6.07) is 12.2. The minimum absolute atomic E-state index is 0.0522. The van der Waals surface area contributed by atoms with Crippen LogP contribution in [-0.4, -0.2) is 12.0 Å². The van der Waals surface area contributed by atoms with E-state index in [0.29, 0.717) is 6.42 Å². The molecule has 0 saturated heterocycles. The van der Waals surface area contributed by atoms with Crippen molar-refractivity contribution in [3.05, 3.63) is 64.2 Å². The molecule has 0 aliphatic heterocycles. The van der Waals surface area contributed by atoms with Crippen molar-refractivity contribution in [3.8, 4) is 5.75 Å². The smallest absolute Gasteiger partial charge is 0.261 e. The minimum Gasteiger partial charge on any atom is -0.480 e. The molecule has 0 aromatic heterocycles. The summed E-state index contributed by atoms with van der Waals surface area (Å²) in [6.45, 7) is 12.2. The predicted molar refractivity (Wildman–Crippen MR) is 103 cm³/mol. The van der Waals surface area contributed by atoms with Crippen LogP contribution < -0.4 is 10.1 Å². The van der Waals surface area contributed by atoms with Gasteiger partial charge in [-0.1, -0.05) is 42.8 Å². The van der Waals surface area contributed by atoms with Gasteiger partial charge in [-0.05, 0) is 69.4 Å². The quantitative estimate of drug-likeness (QED) is 0.808. The molecule has 2 rings (SSSR count). The zero-order valence-electron chi connectivity index (χ0n) is 16.1. The van der Waals surface area contributed by atoms with Crippen LogP contribution in [0.15, 0.2) is 36.4 Å². The van der Waals surface area contributed by atoms with Gasteiger partial charge in [0.1, 0.15) is 5.75 Å². The SMILES string of the molecule is CC[C@H](Oc1cccc(C)c1C)C(=O)N[C@H](C)c1cc(C)ccc1C. The Bertz CT molecular complexity index is 752. The fourth-order valence-corrected chi connectivity index (χ4v) is 2.94. The zero-order valence-corrected chi connectivity index (χ0v) is 16.1. The number of amides is 1. The maximum absolute atomic E-state index is 12.7. The summed E-state index contributed by atoms with van der Waals surface area (Å²) in [5.74, 6) is 0.707. The number of carbonyl (C=O) groups excluding carboxylic acids is 1. The number of ether oxygens (including phenoxy) is 1. The van der Waals surface area contributed by atoms with Crippen LogP contribution in [0.4, 0.5) is 0 Å². The Morgan fingerprint density at radius 3 is 2.48 bits per heavy atom. The van der Waals surface area contributed by atoms with Gasteiger partial charge in [0.05, 0.1) is 6.04 Å². The molecule has 0 spiro atoms. The molecule has 0 aliphatic carbocycles. The van der Waals surface area contributed by atoms with Crippen LogP contribution in [0.1, 0.15) is 54.1 Å². The van der Waals surface area contributed by atoms with Gasteiger partial charge in [0.15, 0.2) is 6.10 Å². The second kappa shape index (κ2) is 8.19. The van der Waals surface area contributed by atoms with Gasteiger partial charge < -0.3 is 10.1 Å². The zero-order chi connectivity index (χ0) is 18.6. The molecular formula is C22H29NO2. The van der Waals surface area contributed by atoms with Gasteiger partial charge in [0.2, 0.25) is 0 Å². The average molecular weight is 339 g/mol. The Balaban J connectivity index is 2.11. The average Bonchev–Trinajstić information content (AvgIpc) is 2.58. The van der Waals surface area contributed by atoms with E-state index in [9.17, 15) is 4.79 Å². The van der Waals surface area contributed by atoms with Gasteiger partial charge >= 0.3 is 0 Å². The first-order chi connectivity index (χ1) is 11.8. The maximum atomic E-state index is 12.7. The van der Waals surface area contributed by atoms with Crippen LogP contribution >= 0.6 is 0 Å². The maximum Gasteiger partial charge on any atom is 0.261 e. The second-order valence-electron chi connectivity index (χ2n) is 6.80. The lowest BCUT2D eigenvalue weighted by atomic mass is 10.00. The molecule has 0 heterocycles. The van der Waals surface area contributed by atoms with Gasteiger partial charge in [-0.15, -0.1) is 0 Å². The van der Waals surface area contributed by atoms with Crippen molar-refractivity contribution in [2.45, 2.75) is 60.1 Å². The van der Waals surface area contributed by atoms with Crippen molar-refractivity contribution in [1.82, 2.24) is 5.32 Å². The third-order valence-electron chi connectivity index (χ3n) is 4.75. The number of aryl methyl sites for hydroxylation is 3. The molecule has 0 unspecified atom stereocenters. The number of rotatable bonds is 6. The van der Waals surface area contributed by atoms with E-state index in [1.165, 1.54) is 11.1 Å². The summed E-state index contributed by atoms with van der Waals surface area (Å²) >= 11 is 0. The monoisotopic (exact) mass is 339 g/mol. The molecule has 0 radical (unpaired) electrons. The van der Waals surface area contributed by atoms with Crippen LogP contribution in [0.3, 0.4) is 0 Å². The second-order valence-corrected chi connectivity index (χ2v) is 6.80. The Hall–Kier alpha value is -2.29. The lowest BCUT2D eigenvalue weighted by Gasteiger charge is -2.23. The van der Waals surface area contributed by atoms with Crippen LogP contribution in [0.5, 0.6) is 5.75 Å². The number of nitrogens with one attached hydrogen (secondary N) is 1. The summed E-state index contributed by atoms with van der Waals surface area (Å²) in [7, 11) is 0. The van der Waals surface area contributed by atoms with Crippen LogP contribution in [-0.2, 0) is 4.79 Å². The van der Waals surface area contributed by atoms with Crippen molar-refractivity contribution in [2.24, 2.45) is 0 Å². The highest BCUT2D eigenvalue weighted by Crippen LogP contribution is 2.23. The van der Waals surface area contributed by atoms with Crippen molar-refractivity contribution >= 4 is 5.91 Å². The number of carbonyl (C=O) groups is 1. The van der Waals surface area contributed by atoms with E-state index in [0.717, 1.165) is 22.4 Å². The normalized spacial score (nSPS) is 13.2. The fourth-order valence-electron chi connectivity index (χ4n) is 2.94. The molecule has 2 atom stereocenters. The standard InChI is InChI=1S/C22H29NO2/c1-7-20(25-21-10-8-9-15(3)17(21)5)22(24)23-18(6)19-13-14(2)11-12-16(19)4/h8-13,18,20H,7H2,1-6H3,(H,23,24)/t18-,20+/m1/s1. The highest BCUT2D eigenvalue weighted by Gasteiger charge is 2.22. The summed E-state index contributed by atoms with van der Waals surface area (Å²) in [5.41, 5.74) is 5.77. The lowest BCUT2D eigenvalue weighted by Crippen LogP contribution is -2.39. The highest BCUT2D eigenvalue weighted by atomic mass is 16.5. The lowest BCUT2D eigenvalue weighted by molar-refractivity contribution is -0.128. The molecule has 1 N–H and O–H groups in total. The van der Waals surface area contributed by atoms with E-state index >= 15 is 0 Å². The minimum atomic E-state index is -0.493. The van der Waals surface area contributed by atoms with E-state index in [1.54, 1.807) is 0 Å². The highest BCUT2D eigenvalue weighted by molar-refractivity contribution is 5.81. The van der Waals surface area contributed by atoms with Crippen molar-refractivity contribution in [1.29, 1.82) is 0 Å². The molecule has 25 heavy (non-hydrogen) atoms. The first-order valence-electron chi connectivity index (χ1n) is 8.93. The molecule has 3 heteroatoms. The fraction of sp³-hybridized carbons (Fsp3) is 0.409. The number of hydrogen-bond donors (Lipinski definition) is 1. The molecule has 2 aromatic rings. The molecule has 0 bridgehead atoms. The first-order valence-corrected chi connectivity index (χ1v) is 8.93.